The van der Waals surface area contributed by atoms with Gasteiger partial charge in [-0.25, -0.2) is 4.57 Å². The summed E-state index contributed by atoms with van der Waals surface area (Å²) in [4.78, 5) is 37.8. The first-order valence-electron chi connectivity index (χ1n) is 35.7. The van der Waals surface area contributed by atoms with E-state index < -0.39 is 20.0 Å². The molecule has 0 heterocycles. The summed E-state index contributed by atoms with van der Waals surface area (Å²) in [7, 11) is 1.51. The molecule has 10 heteroatoms. The number of carbonyl (C=O) groups excluding carboxylic acids is 2. The lowest BCUT2D eigenvalue weighted by atomic mass is 10.0. The first kappa shape index (κ1) is 79.5. The molecule has 0 aromatic rings. The van der Waals surface area contributed by atoms with Gasteiger partial charge in [-0.3, -0.25) is 18.6 Å². The molecule has 480 valence electrons. The van der Waals surface area contributed by atoms with Gasteiger partial charge in [0, 0.05) is 12.8 Å². The van der Waals surface area contributed by atoms with E-state index in [2.05, 4.69) is 38.2 Å². The summed E-state index contributed by atoms with van der Waals surface area (Å²) in [5.41, 5.74) is 0. The predicted molar refractivity (Wildman–Crippen MR) is 351 cm³/mol. The SMILES string of the molecule is CCCCCCCCC/C=C/CCCCCCCC(=O)NC(COP(=O)(O)OCC[N+](C)(C)C)C(/C=C\CCCCCCCCCCCC)OC(=O)CCCCCCCCCCCCCCCCCCCCCCCCCCCCC. The fraction of sp³-hybridized carbons (Fsp3) is 0.915. The largest absolute Gasteiger partial charge is 0.472 e. The summed E-state index contributed by atoms with van der Waals surface area (Å²) in [5, 5.41) is 3.07. The zero-order valence-electron chi connectivity index (χ0n) is 55.1. The van der Waals surface area contributed by atoms with Crippen molar-refractivity contribution in [1.82, 2.24) is 5.32 Å². The minimum atomic E-state index is -4.45. The highest BCUT2D eigenvalue weighted by Crippen LogP contribution is 2.43. The van der Waals surface area contributed by atoms with Crippen LogP contribution in [0.4, 0.5) is 0 Å². The van der Waals surface area contributed by atoms with Gasteiger partial charge in [0.05, 0.1) is 33.8 Å². The third-order valence-electron chi connectivity index (χ3n) is 16.4. The number of esters is 1. The van der Waals surface area contributed by atoms with Crippen molar-refractivity contribution in [2.75, 3.05) is 40.9 Å². The molecule has 0 fully saturated rings. The number of nitrogens with zero attached hydrogens (tertiary/aromatic N) is 1. The number of likely N-dealkylation sites (N-methyl/N-ethyl adjacent to an activating group) is 1. The molecule has 81 heavy (non-hydrogen) atoms. The Balaban J connectivity index is 4.96. The Morgan fingerprint density at radius 3 is 1.05 bits per heavy atom. The van der Waals surface area contributed by atoms with Gasteiger partial charge in [0.2, 0.25) is 5.91 Å². The summed E-state index contributed by atoms with van der Waals surface area (Å²) < 4.78 is 30.8. The third-order valence-corrected chi connectivity index (χ3v) is 17.4. The Bertz CT molecular complexity index is 1430. The fourth-order valence-corrected chi connectivity index (χ4v) is 11.6. The number of quaternary nitrogens is 1. The van der Waals surface area contributed by atoms with E-state index in [1.165, 1.54) is 257 Å². The second kappa shape index (κ2) is 61.6. The maximum Gasteiger partial charge on any atom is 0.472 e. The van der Waals surface area contributed by atoms with E-state index in [-0.39, 0.29) is 25.1 Å². The number of ether oxygens (including phenoxy) is 1. The van der Waals surface area contributed by atoms with Crippen LogP contribution >= 0.6 is 7.82 Å². The smallest absolute Gasteiger partial charge is 0.456 e. The lowest BCUT2D eigenvalue weighted by Crippen LogP contribution is -2.47. The van der Waals surface area contributed by atoms with E-state index in [4.69, 9.17) is 13.8 Å². The van der Waals surface area contributed by atoms with Crippen LogP contribution in [-0.4, -0.2) is 74.3 Å². The van der Waals surface area contributed by atoms with Gasteiger partial charge in [-0.05, 0) is 57.4 Å². The zero-order valence-corrected chi connectivity index (χ0v) is 56.0. The Morgan fingerprint density at radius 2 is 0.716 bits per heavy atom. The molecule has 0 radical (unpaired) electrons. The number of amides is 1. The lowest BCUT2D eigenvalue weighted by Gasteiger charge is -2.27. The average molecular weight is 1160 g/mol. The average Bonchev–Trinajstić information content (AvgIpc) is 3.44. The summed E-state index contributed by atoms with van der Waals surface area (Å²) in [6, 6.07) is -0.848. The van der Waals surface area contributed by atoms with E-state index in [9.17, 15) is 19.0 Å². The van der Waals surface area contributed by atoms with Crippen molar-refractivity contribution in [2.45, 2.75) is 380 Å². The molecule has 0 aliphatic carbocycles. The first-order valence-corrected chi connectivity index (χ1v) is 37.2. The number of nitrogens with one attached hydrogen (secondary N) is 1. The molecule has 0 aliphatic heterocycles. The second-order valence-electron chi connectivity index (χ2n) is 25.8. The van der Waals surface area contributed by atoms with Gasteiger partial charge in [-0.1, -0.05) is 322 Å². The van der Waals surface area contributed by atoms with Crippen LogP contribution in [0.3, 0.4) is 0 Å². The van der Waals surface area contributed by atoms with E-state index in [1.807, 2.05) is 33.3 Å². The van der Waals surface area contributed by atoms with Crippen molar-refractivity contribution < 1.29 is 37.3 Å². The van der Waals surface area contributed by atoms with Crippen LogP contribution in [0, 0.1) is 0 Å². The fourth-order valence-electron chi connectivity index (χ4n) is 10.9. The van der Waals surface area contributed by atoms with Crippen molar-refractivity contribution in [1.29, 1.82) is 0 Å². The molecular weight excluding hydrogens is 1020 g/mol. The van der Waals surface area contributed by atoms with Crippen molar-refractivity contribution in [3.63, 3.8) is 0 Å². The Morgan fingerprint density at radius 1 is 0.420 bits per heavy atom. The van der Waals surface area contributed by atoms with E-state index in [1.54, 1.807) is 0 Å². The number of rotatable bonds is 66. The number of phosphoric ester groups is 1. The maximum absolute atomic E-state index is 13.6. The Hall–Kier alpha value is -1.51. The maximum atomic E-state index is 13.6. The molecule has 0 rings (SSSR count). The van der Waals surface area contributed by atoms with Crippen LogP contribution in [-0.2, 0) is 27.9 Å². The van der Waals surface area contributed by atoms with Gasteiger partial charge in [0.1, 0.15) is 19.3 Å². The van der Waals surface area contributed by atoms with E-state index in [0.29, 0.717) is 23.9 Å². The molecule has 0 aliphatic rings. The molecular formula is C71H140N2O7P+. The molecule has 0 spiro atoms. The van der Waals surface area contributed by atoms with E-state index in [0.717, 1.165) is 77.0 Å². The quantitative estimate of drug-likeness (QED) is 0.0205. The summed E-state index contributed by atoms with van der Waals surface area (Å²) in [6.07, 6.45) is 74.9. The monoisotopic (exact) mass is 1160 g/mol. The van der Waals surface area contributed by atoms with Crippen molar-refractivity contribution in [3.05, 3.63) is 24.3 Å². The highest BCUT2D eigenvalue weighted by atomic mass is 31.2. The standard InChI is InChI=1S/C71H139N2O7P/c1-7-10-13-16-19-22-25-28-30-32-33-34-35-36-37-38-39-40-41-42-44-46-49-52-55-58-61-64-71(75)80-69(62-59-56-53-50-47-27-24-21-18-15-12-9-3)68(67-79-81(76,77)78-66-65-73(4,5)6)72-70(74)63-60-57-54-51-48-45-43-31-29-26-23-20-17-14-11-8-2/h31,43,59,62,68-69H,7-30,32-42,44-58,60-61,63-67H2,1-6H3,(H-,72,74,76,77)/p+1/b43-31+,62-59-. The first-order chi connectivity index (χ1) is 39.4. The van der Waals surface area contributed by atoms with Gasteiger partial charge in [-0.15, -0.1) is 0 Å². The van der Waals surface area contributed by atoms with Gasteiger partial charge in [-0.2, -0.15) is 0 Å². The van der Waals surface area contributed by atoms with Gasteiger partial charge < -0.3 is 19.4 Å². The van der Waals surface area contributed by atoms with E-state index >= 15 is 0 Å². The lowest BCUT2D eigenvalue weighted by molar-refractivity contribution is -0.870. The normalized spacial score (nSPS) is 13.6. The van der Waals surface area contributed by atoms with Crippen LogP contribution < -0.4 is 5.32 Å². The molecule has 3 atom stereocenters. The number of allylic oxidation sites excluding steroid dienone is 3. The number of hydrogen-bond acceptors (Lipinski definition) is 6. The number of carbonyl (C=O) groups is 2. The van der Waals surface area contributed by atoms with Crippen LogP contribution in [0.1, 0.15) is 367 Å². The predicted octanol–water partition coefficient (Wildman–Crippen LogP) is 22.5. The molecule has 2 N–H and O–H groups in total. The minimum Gasteiger partial charge on any atom is -0.456 e. The molecule has 1 amide bonds. The molecule has 3 unspecified atom stereocenters. The molecule has 0 bridgehead atoms. The topological polar surface area (TPSA) is 111 Å². The highest BCUT2D eigenvalue weighted by Gasteiger charge is 2.30. The molecule has 9 nitrogen and oxygen atoms in total. The highest BCUT2D eigenvalue weighted by molar-refractivity contribution is 7.47. The molecule has 0 saturated carbocycles. The Kier molecular flexibility index (Phi) is 60.4. The van der Waals surface area contributed by atoms with Crippen LogP contribution in [0.15, 0.2) is 24.3 Å². The van der Waals surface area contributed by atoms with Gasteiger partial charge in [0.25, 0.3) is 0 Å². The second-order valence-corrected chi connectivity index (χ2v) is 27.2. The van der Waals surface area contributed by atoms with Crippen LogP contribution in [0.2, 0.25) is 0 Å². The third kappa shape index (κ3) is 62.8. The van der Waals surface area contributed by atoms with Crippen LogP contribution in [0.25, 0.3) is 0 Å². The molecule has 0 aromatic heterocycles. The van der Waals surface area contributed by atoms with Crippen molar-refractivity contribution in [2.24, 2.45) is 0 Å². The van der Waals surface area contributed by atoms with Crippen molar-refractivity contribution >= 4 is 19.7 Å². The molecule has 0 aromatic carbocycles. The van der Waals surface area contributed by atoms with Crippen LogP contribution in [0.5, 0.6) is 0 Å². The Labute approximate surface area is 504 Å². The number of phosphoric acid groups is 1. The summed E-state index contributed by atoms with van der Waals surface area (Å²) in [6.45, 7) is 7.06. The molecule has 0 saturated heterocycles. The summed E-state index contributed by atoms with van der Waals surface area (Å²) in [5.74, 6) is -0.494. The number of hydrogen-bond donors (Lipinski definition) is 2. The van der Waals surface area contributed by atoms with Gasteiger partial charge >= 0.3 is 13.8 Å². The van der Waals surface area contributed by atoms with Crippen molar-refractivity contribution in [3.8, 4) is 0 Å². The zero-order chi connectivity index (χ0) is 59.3. The minimum absolute atomic E-state index is 0.0423. The summed E-state index contributed by atoms with van der Waals surface area (Å²) >= 11 is 0. The number of unbranched alkanes of at least 4 members (excludes halogenated alkanes) is 48. The van der Waals surface area contributed by atoms with Gasteiger partial charge in [0.15, 0.2) is 0 Å².